The van der Waals surface area contributed by atoms with Crippen LogP contribution in [-0.4, -0.2) is 59.5 Å². The van der Waals surface area contributed by atoms with Crippen molar-refractivity contribution < 1.29 is 23.7 Å². The fraction of sp³-hybridized carbons (Fsp3) is 0.592. The molecule has 4 aromatic rings. The molecule has 0 aliphatic carbocycles. The molecule has 4 rings (SSSR count). The number of unbranched alkanes of at least 4 members (excludes halogenated alkanes) is 14. The molecule has 0 N–H and O–H groups in total. The fourth-order valence-corrected chi connectivity index (χ4v) is 7.65. The molecule has 0 aliphatic rings. The summed E-state index contributed by atoms with van der Waals surface area (Å²) >= 11 is 0. The standard InChI is InChI=1S/C49H72O5/c1-3-5-7-9-11-13-15-17-19-22-42(23-20-18-16-14-12-10-8-6-4-2)40-53-38-36-51-34-32-50-33-35-52-37-39-54-41-46-29-28-45-27-26-43-24-21-25-44-30-31-47(46)49(45)48(43)44/h3-4,21,24-31,42H,1-2,5-20,22-23,32-41H2. The molecule has 0 fully saturated rings. The summed E-state index contributed by atoms with van der Waals surface area (Å²) in [6.45, 7) is 13.7. The quantitative estimate of drug-likeness (QED) is 0.0264. The zero-order valence-corrected chi connectivity index (χ0v) is 33.7. The van der Waals surface area contributed by atoms with Gasteiger partial charge in [0, 0.05) is 6.61 Å². The number of hydrogen-bond donors (Lipinski definition) is 0. The fourth-order valence-electron chi connectivity index (χ4n) is 7.65. The zero-order chi connectivity index (χ0) is 37.7. The Morgan fingerprint density at radius 3 is 1.39 bits per heavy atom. The molecular formula is C49H72O5. The minimum absolute atomic E-state index is 0.552. The first-order chi connectivity index (χ1) is 26.8. The van der Waals surface area contributed by atoms with Gasteiger partial charge in [-0.15, -0.1) is 13.2 Å². The SMILES string of the molecule is C=CCCCCCCCCCC(CCCCCCCCCC=C)COCCOCCOCCOCCOCc1ccc2ccc3cccc4ccc1c2c34. The largest absolute Gasteiger partial charge is 0.379 e. The van der Waals surface area contributed by atoms with Gasteiger partial charge in [0.25, 0.3) is 0 Å². The summed E-state index contributed by atoms with van der Waals surface area (Å²) in [6.07, 6.45) is 27.9. The van der Waals surface area contributed by atoms with Gasteiger partial charge in [-0.1, -0.05) is 144 Å². The van der Waals surface area contributed by atoms with Crippen LogP contribution in [0.25, 0.3) is 32.3 Å². The van der Waals surface area contributed by atoms with Crippen molar-refractivity contribution in [2.45, 2.75) is 122 Å². The molecule has 0 radical (unpaired) electrons. The van der Waals surface area contributed by atoms with E-state index in [0.29, 0.717) is 65.4 Å². The first kappa shape index (κ1) is 43.9. The summed E-state index contributed by atoms with van der Waals surface area (Å²) in [5.41, 5.74) is 1.22. The Morgan fingerprint density at radius 1 is 0.426 bits per heavy atom. The summed E-state index contributed by atoms with van der Waals surface area (Å²) in [4.78, 5) is 0. The van der Waals surface area contributed by atoms with Gasteiger partial charge in [0.05, 0.1) is 59.5 Å². The van der Waals surface area contributed by atoms with E-state index in [4.69, 9.17) is 23.7 Å². The Morgan fingerprint density at radius 2 is 0.852 bits per heavy atom. The second-order valence-corrected chi connectivity index (χ2v) is 15.1. The molecule has 0 unspecified atom stereocenters. The van der Waals surface area contributed by atoms with Crippen LogP contribution in [0.5, 0.6) is 0 Å². The maximum atomic E-state index is 6.12. The highest BCUT2D eigenvalue weighted by Crippen LogP contribution is 2.36. The molecule has 54 heavy (non-hydrogen) atoms. The van der Waals surface area contributed by atoms with E-state index >= 15 is 0 Å². The van der Waals surface area contributed by atoms with Crippen molar-refractivity contribution in [1.82, 2.24) is 0 Å². The molecule has 5 nitrogen and oxygen atoms in total. The lowest BCUT2D eigenvalue weighted by molar-refractivity contribution is -0.0153. The monoisotopic (exact) mass is 741 g/mol. The third-order valence-electron chi connectivity index (χ3n) is 10.8. The number of ether oxygens (including phenoxy) is 5. The Bertz CT molecular complexity index is 1490. The van der Waals surface area contributed by atoms with Crippen molar-refractivity contribution in [2.75, 3.05) is 59.5 Å². The molecule has 0 atom stereocenters. The van der Waals surface area contributed by atoms with Gasteiger partial charge in [0.2, 0.25) is 0 Å². The molecule has 0 bridgehead atoms. The van der Waals surface area contributed by atoms with Gasteiger partial charge in [0.15, 0.2) is 0 Å². The van der Waals surface area contributed by atoms with Gasteiger partial charge < -0.3 is 23.7 Å². The number of benzene rings is 4. The van der Waals surface area contributed by atoms with Gasteiger partial charge in [-0.3, -0.25) is 0 Å². The Hall–Kier alpha value is -2.80. The highest BCUT2D eigenvalue weighted by Gasteiger charge is 2.11. The molecule has 0 saturated carbocycles. The van der Waals surface area contributed by atoms with Gasteiger partial charge in [-0.05, 0) is 82.3 Å². The van der Waals surface area contributed by atoms with Gasteiger partial charge in [0.1, 0.15) is 0 Å². The third kappa shape index (κ3) is 16.9. The molecule has 0 aliphatic heterocycles. The number of allylic oxidation sites excluding steroid dienone is 2. The first-order valence-electron chi connectivity index (χ1n) is 21.6. The Kier molecular flexibility index (Phi) is 23.3. The highest BCUT2D eigenvalue weighted by molar-refractivity contribution is 6.23. The van der Waals surface area contributed by atoms with Crippen LogP contribution in [0.15, 0.2) is 79.9 Å². The van der Waals surface area contributed by atoms with Crippen LogP contribution in [0.3, 0.4) is 0 Å². The van der Waals surface area contributed by atoms with Crippen LogP contribution in [0.2, 0.25) is 0 Å². The van der Waals surface area contributed by atoms with Crippen LogP contribution in [0, 0.1) is 5.92 Å². The van der Waals surface area contributed by atoms with Crippen molar-refractivity contribution in [2.24, 2.45) is 5.92 Å². The molecule has 0 heterocycles. The zero-order valence-electron chi connectivity index (χ0n) is 33.7. The van der Waals surface area contributed by atoms with Crippen molar-refractivity contribution >= 4 is 32.3 Å². The predicted molar refractivity (Wildman–Crippen MR) is 230 cm³/mol. The molecule has 0 amide bonds. The second-order valence-electron chi connectivity index (χ2n) is 15.1. The lowest BCUT2D eigenvalue weighted by atomic mass is 9.92. The van der Waals surface area contributed by atoms with E-state index < -0.39 is 0 Å². The normalized spacial score (nSPS) is 11.9. The smallest absolute Gasteiger partial charge is 0.0724 e. The van der Waals surface area contributed by atoms with Gasteiger partial charge >= 0.3 is 0 Å². The van der Waals surface area contributed by atoms with E-state index in [1.807, 2.05) is 12.2 Å². The number of rotatable bonds is 36. The molecule has 5 heteroatoms. The van der Waals surface area contributed by atoms with Crippen molar-refractivity contribution in [3.63, 3.8) is 0 Å². The van der Waals surface area contributed by atoms with Crippen LogP contribution in [-0.2, 0) is 30.3 Å². The molecule has 0 aromatic heterocycles. The van der Waals surface area contributed by atoms with E-state index in [1.165, 1.54) is 141 Å². The summed E-state index contributed by atoms with van der Waals surface area (Å²) in [5, 5.41) is 7.80. The summed E-state index contributed by atoms with van der Waals surface area (Å²) in [6, 6.07) is 19.8. The summed E-state index contributed by atoms with van der Waals surface area (Å²) in [5.74, 6) is 0.673. The average Bonchev–Trinajstić information content (AvgIpc) is 3.20. The van der Waals surface area contributed by atoms with Crippen molar-refractivity contribution in [3.8, 4) is 0 Å². The van der Waals surface area contributed by atoms with E-state index in [1.54, 1.807) is 0 Å². The Labute approximate surface area is 328 Å². The van der Waals surface area contributed by atoms with Crippen molar-refractivity contribution in [1.29, 1.82) is 0 Å². The third-order valence-corrected chi connectivity index (χ3v) is 10.8. The maximum Gasteiger partial charge on any atom is 0.0724 e. The Balaban J connectivity index is 0.975. The highest BCUT2D eigenvalue weighted by atomic mass is 16.6. The van der Waals surface area contributed by atoms with Crippen LogP contribution < -0.4 is 0 Å². The lowest BCUT2D eigenvalue weighted by Crippen LogP contribution is -2.15. The second kappa shape index (κ2) is 28.6. The summed E-state index contributed by atoms with van der Waals surface area (Å²) in [7, 11) is 0. The molecule has 4 aromatic carbocycles. The van der Waals surface area contributed by atoms with E-state index in [0.717, 1.165) is 19.4 Å². The van der Waals surface area contributed by atoms with E-state index in [-0.39, 0.29) is 0 Å². The predicted octanol–water partition coefficient (Wildman–Crippen LogP) is 13.2. The first-order valence-corrected chi connectivity index (χ1v) is 21.6. The van der Waals surface area contributed by atoms with E-state index in [2.05, 4.69) is 67.8 Å². The lowest BCUT2D eigenvalue weighted by Gasteiger charge is -2.17. The van der Waals surface area contributed by atoms with Crippen molar-refractivity contribution in [3.05, 3.63) is 85.5 Å². The van der Waals surface area contributed by atoms with Crippen LogP contribution >= 0.6 is 0 Å². The minimum Gasteiger partial charge on any atom is -0.379 e. The van der Waals surface area contributed by atoms with Gasteiger partial charge in [-0.25, -0.2) is 0 Å². The number of hydrogen-bond acceptors (Lipinski definition) is 5. The molecule has 0 saturated heterocycles. The topological polar surface area (TPSA) is 46.2 Å². The maximum absolute atomic E-state index is 6.12. The molecular weight excluding hydrogens is 669 g/mol. The van der Waals surface area contributed by atoms with E-state index in [9.17, 15) is 0 Å². The molecule has 0 spiro atoms. The van der Waals surface area contributed by atoms with Gasteiger partial charge in [-0.2, -0.15) is 0 Å². The molecule has 298 valence electrons. The van der Waals surface area contributed by atoms with Crippen LogP contribution in [0.4, 0.5) is 0 Å². The average molecular weight is 741 g/mol. The minimum atomic E-state index is 0.552. The summed E-state index contributed by atoms with van der Waals surface area (Å²) < 4.78 is 29.4. The van der Waals surface area contributed by atoms with Crippen LogP contribution in [0.1, 0.15) is 121 Å².